The molecular weight excluding hydrogens is 286 g/mol. The molecule has 0 bridgehead atoms. The molecule has 0 amide bonds. The predicted molar refractivity (Wildman–Crippen MR) is 82.0 cm³/mol. The Bertz CT molecular complexity index is 470. The summed E-state index contributed by atoms with van der Waals surface area (Å²) < 4.78 is 0. The van der Waals surface area contributed by atoms with Crippen molar-refractivity contribution in [3.63, 3.8) is 0 Å². The molecule has 2 rings (SSSR count). The van der Waals surface area contributed by atoms with Gasteiger partial charge in [-0.05, 0) is 25.3 Å². The third-order valence-electron chi connectivity index (χ3n) is 2.14. The van der Waals surface area contributed by atoms with Crippen LogP contribution in [0, 0.1) is 0 Å². The van der Waals surface area contributed by atoms with Gasteiger partial charge in [0.15, 0.2) is 0 Å². The molecule has 0 saturated heterocycles. The second kappa shape index (κ2) is 13.0. The molecule has 22 heavy (non-hydrogen) atoms. The van der Waals surface area contributed by atoms with E-state index in [1.165, 1.54) is 6.33 Å². The fraction of sp³-hybridized carbons (Fsp3) is 0.200. The van der Waals surface area contributed by atoms with E-state index in [4.69, 9.17) is 10.2 Å². The van der Waals surface area contributed by atoms with Gasteiger partial charge in [0.25, 0.3) is 0 Å². The summed E-state index contributed by atoms with van der Waals surface area (Å²) in [5.74, 6) is -2.51. The topological polar surface area (TPSA) is 104 Å². The zero-order valence-corrected chi connectivity index (χ0v) is 12.2. The van der Waals surface area contributed by atoms with Gasteiger partial charge in [0.1, 0.15) is 6.33 Å². The third kappa shape index (κ3) is 13.5. The van der Waals surface area contributed by atoms with Gasteiger partial charge in [-0.1, -0.05) is 12.2 Å². The molecule has 1 aromatic rings. The molecule has 118 valence electrons. The van der Waals surface area contributed by atoms with E-state index in [1.54, 1.807) is 18.5 Å². The van der Waals surface area contributed by atoms with Gasteiger partial charge in [-0.15, -0.1) is 0 Å². The first-order valence-corrected chi connectivity index (χ1v) is 6.47. The molecule has 2 N–H and O–H groups in total. The van der Waals surface area contributed by atoms with Gasteiger partial charge >= 0.3 is 11.9 Å². The Morgan fingerprint density at radius 2 is 1.73 bits per heavy atom. The number of carboxylic acid groups (broad SMARTS) is 2. The predicted octanol–water partition coefficient (Wildman–Crippen LogP) is 1.58. The Balaban J connectivity index is 0.000000304. The zero-order chi connectivity index (χ0) is 16.6. The number of allylic oxidation sites excluding steroid dienone is 2. The lowest BCUT2D eigenvalue weighted by Crippen LogP contribution is -2.17. The number of rotatable bonds is 3. The molecule has 7 heteroatoms. The van der Waals surface area contributed by atoms with E-state index in [1.807, 2.05) is 0 Å². The average molecular weight is 305 g/mol. The second-order valence-corrected chi connectivity index (χ2v) is 3.77. The van der Waals surface area contributed by atoms with E-state index in [9.17, 15) is 9.59 Å². The highest BCUT2D eigenvalue weighted by molar-refractivity contribution is 5.89. The van der Waals surface area contributed by atoms with Crippen molar-refractivity contribution < 1.29 is 19.8 Å². The van der Waals surface area contributed by atoms with Crippen molar-refractivity contribution in [3.05, 3.63) is 61.4 Å². The zero-order valence-electron chi connectivity index (χ0n) is 12.2. The summed E-state index contributed by atoms with van der Waals surface area (Å²) in [5.41, 5.74) is 0. The van der Waals surface area contributed by atoms with Crippen LogP contribution < -0.4 is 0 Å². The molecule has 1 aliphatic heterocycles. The molecule has 0 unspecified atom stereocenters. The van der Waals surface area contributed by atoms with E-state index in [0.29, 0.717) is 12.2 Å². The minimum absolute atomic E-state index is 0.558. The smallest absolute Gasteiger partial charge is 0.328 e. The maximum atomic E-state index is 9.55. The summed E-state index contributed by atoms with van der Waals surface area (Å²) >= 11 is 0. The van der Waals surface area contributed by atoms with Crippen LogP contribution in [-0.2, 0) is 9.59 Å². The molecule has 0 spiro atoms. The highest BCUT2D eigenvalue weighted by atomic mass is 16.4. The number of carboxylic acids is 2. The van der Waals surface area contributed by atoms with Crippen LogP contribution in [0.2, 0.25) is 0 Å². The second-order valence-electron chi connectivity index (χ2n) is 3.77. The standard InChI is InChI=1S/C7H11N.C4H4N2.C4H4O4/c1-2-8-6-4-3-5-7-8;1-2-5-4-6-3-1;5-3(6)1-2-4(7)8/h3-6H,2,7H2,1H3;1-4H;1-2H,(H,5,6)(H,7,8)/b;;2-1-. The molecule has 1 aliphatic rings. The number of likely N-dealkylation sites (N-methyl/N-ethyl adjacent to an activating group) is 1. The van der Waals surface area contributed by atoms with E-state index in [0.717, 1.165) is 13.1 Å². The molecule has 0 atom stereocenters. The summed E-state index contributed by atoms with van der Waals surface area (Å²) in [6, 6.07) is 1.78. The molecule has 0 aromatic carbocycles. The highest BCUT2D eigenvalue weighted by Gasteiger charge is 1.91. The molecule has 0 saturated carbocycles. The van der Waals surface area contributed by atoms with Crippen molar-refractivity contribution in [2.24, 2.45) is 0 Å². The van der Waals surface area contributed by atoms with Crippen molar-refractivity contribution in [2.75, 3.05) is 13.1 Å². The highest BCUT2D eigenvalue weighted by Crippen LogP contribution is 1.95. The van der Waals surface area contributed by atoms with E-state index >= 15 is 0 Å². The van der Waals surface area contributed by atoms with E-state index in [2.05, 4.69) is 46.2 Å². The molecule has 0 fully saturated rings. The molecule has 7 nitrogen and oxygen atoms in total. The third-order valence-corrected chi connectivity index (χ3v) is 2.14. The van der Waals surface area contributed by atoms with Crippen LogP contribution in [0.5, 0.6) is 0 Å². The summed E-state index contributed by atoms with van der Waals surface area (Å²) in [6.45, 7) is 4.34. The summed E-state index contributed by atoms with van der Waals surface area (Å²) in [5, 5.41) is 15.6. The number of aliphatic carboxylic acids is 2. The first kappa shape index (κ1) is 19.0. The van der Waals surface area contributed by atoms with Gasteiger partial charge < -0.3 is 15.1 Å². The number of nitrogens with zero attached hydrogens (tertiary/aromatic N) is 3. The number of aromatic nitrogens is 2. The van der Waals surface area contributed by atoms with Gasteiger partial charge in [0.05, 0.1) is 0 Å². The summed E-state index contributed by atoms with van der Waals surface area (Å²) in [4.78, 5) is 28.7. The quantitative estimate of drug-likeness (QED) is 0.817. The Morgan fingerprint density at radius 3 is 1.95 bits per heavy atom. The van der Waals surface area contributed by atoms with Crippen molar-refractivity contribution in [1.29, 1.82) is 0 Å². The summed E-state index contributed by atoms with van der Waals surface area (Å²) in [7, 11) is 0. The van der Waals surface area contributed by atoms with Gasteiger partial charge in [-0.3, -0.25) is 0 Å². The Hall–Kier alpha value is -2.96. The van der Waals surface area contributed by atoms with Gasteiger partial charge in [-0.2, -0.15) is 0 Å². The van der Waals surface area contributed by atoms with Crippen molar-refractivity contribution >= 4 is 11.9 Å². The van der Waals surface area contributed by atoms with E-state index in [-0.39, 0.29) is 0 Å². The maximum absolute atomic E-state index is 9.55. The van der Waals surface area contributed by atoms with Crippen molar-refractivity contribution in [1.82, 2.24) is 14.9 Å². The maximum Gasteiger partial charge on any atom is 0.328 e. The lowest BCUT2D eigenvalue weighted by atomic mass is 10.3. The fourth-order valence-corrected chi connectivity index (χ4v) is 1.14. The van der Waals surface area contributed by atoms with Crippen LogP contribution in [0.1, 0.15) is 6.92 Å². The van der Waals surface area contributed by atoms with Crippen LogP contribution in [0.15, 0.2) is 61.4 Å². The van der Waals surface area contributed by atoms with Gasteiger partial charge in [0.2, 0.25) is 0 Å². The van der Waals surface area contributed by atoms with Gasteiger partial charge in [0, 0.05) is 37.6 Å². The monoisotopic (exact) mass is 305 g/mol. The normalized spacial score (nSPS) is 12.0. The fourth-order valence-electron chi connectivity index (χ4n) is 1.14. The van der Waals surface area contributed by atoms with Crippen LogP contribution >= 0.6 is 0 Å². The molecule has 1 aromatic heterocycles. The van der Waals surface area contributed by atoms with Crippen LogP contribution in [-0.4, -0.2) is 50.1 Å². The lowest BCUT2D eigenvalue weighted by Gasteiger charge is -2.16. The Morgan fingerprint density at radius 1 is 1.14 bits per heavy atom. The van der Waals surface area contributed by atoms with Crippen molar-refractivity contribution in [2.45, 2.75) is 6.92 Å². The minimum atomic E-state index is -1.26. The van der Waals surface area contributed by atoms with Crippen LogP contribution in [0.3, 0.4) is 0 Å². The Kier molecular flexibility index (Phi) is 11.3. The number of hydrogen-bond donors (Lipinski definition) is 2. The number of hydrogen-bond acceptors (Lipinski definition) is 5. The first-order valence-electron chi connectivity index (χ1n) is 6.47. The van der Waals surface area contributed by atoms with Crippen molar-refractivity contribution in [3.8, 4) is 0 Å². The molecule has 0 aliphatic carbocycles. The van der Waals surface area contributed by atoms with Crippen LogP contribution in [0.25, 0.3) is 0 Å². The lowest BCUT2D eigenvalue weighted by molar-refractivity contribution is -0.134. The van der Waals surface area contributed by atoms with Crippen LogP contribution in [0.4, 0.5) is 0 Å². The van der Waals surface area contributed by atoms with Gasteiger partial charge in [-0.25, -0.2) is 19.6 Å². The molecule has 2 heterocycles. The first-order chi connectivity index (χ1) is 10.6. The number of carbonyl (C=O) groups is 2. The minimum Gasteiger partial charge on any atom is -0.478 e. The SMILES string of the molecule is CCN1C=CC=CC1.O=C(O)/C=C\C(=O)O.c1cncnc1. The average Bonchev–Trinajstić information content (AvgIpc) is 2.56. The molecular formula is C15H19N3O4. The largest absolute Gasteiger partial charge is 0.478 e. The Labute approximate surface area is 128 Å². The van der Waals surface area contributed by atoms with E-state index < -0.39 is 11.9 Å². The summed E-state index contributed by atoms with van der Waals surface area (Å²) in [6.07, 6.45) is 14.4. The molecule has 0 radical (unpaired) electrons.